The molecule has 5 nitrogen and oxygen atoms in total. The summed E-state index contributed by atoms with van der Waals surface area (Å²) in [5.74, 6) is -0.441. The molecule has 0 aliphatic carbocycles. The Labute approximate surface area is 113 Å². The number of rotatable bonds is 5. The third kappa shape index (κ3) is 4.13. The maximum absolute atomic E-state index is 10.9. The topological polar surface area (TPSA) is 70.0 Å². The lowest BCUT2D eigenvalue weighted by Gasteiger charge is -2.34. The lowest BCUT2D eigenvalue weighted by atomic mass is 10.0. The molecule has 1 aromatic carbocycles. The molecular formula is C14H21NO4. The van der Waals surface area contributed by atoms with E-state index in [4.69, 9.17) is 9.84 Å². The first-order valence-corrected chi connectivity index (χ1v) is 6.07. The Morgan fingerprint density at radius 2 is 2.00 bits per heavy atom. The molecule has 0 heterocycles. The van der Waals surface area contributed by atoms with Gasteiger partial charge in [0.25, 0.3) is 0 Å². The summed E-state index contributed by atoms with van der Waals surface area (Å²) in [5, 5.41) is 19.0. The van der Waals surface area contributed by atoms with E-state index in [2.05, 4.69) is 0 Å². The lowest BCUT2D eigenvalue weighted by Crippen LogP contribution is -2.43. The van der Waals surface area contributed by atoms with E-state index >= 15 is 0 Å². The van der Waals surface area contributed by atoms with E-state index in [-0.39, 0.29) is 17.8 Å². The third-order valence-corrected chi connectivity index (χ3v) is 2.94. The molecule has 0 spiro atoms. The molecule has 0 unspecified atom stereocenters. The van der Waals surface area contributed by atoms with Gasteiger partial charge < -0.3 is 14.9 Å². The SMILES string of the molecule is COc1cccc(CN(CC(=O)O)C(C)(C)C)c1O. The van der Waals surface area contributed by atoms with Crippen LogP contribution in [0.1, 0.15) is 26.3 Å². The Bertz CT molecular complexity index is 451. The van der Waals surface area contributed by atoms with Gasteiger partial charge in [-0.15, -0.1) is 0 Å². The smallest absolute Gasteiger partial charge is 0.317 e. The van der Waals surface area contributed by atoms with Crippen LogP contribution in [0.5, 0.6) is 11.5 Å². The Morgan fingerprint density at radius 3 is 2.47 bits per heavy atom. The number of nitrogens with zero attached hydrogens (tertiary/aromatic N) is 1. The minimum Gasteiger partial charge on any atom is -0.504 e. The quantitative estimate of drug-likeness (QED) is 0.854. The van der Waals surface area contributed by atoms with Crippen molar-refractivity contribution < 1.29 is 19.7 Å². The van der Waals surface area contributed by atoms with Crippen molar-refractivity contribution in [3.8, 4) is 11.5 Å². The van der Waals surface area contributed by atoms with Crippen LogP contribution in [0.15, 0.2) is 18.2 Å². The summed E-state index contributed by atoms with van der Waals surface area (Å²) in [4.78, 5) is 12.7. The number of aliphatic carboxylic acids is 1. The molecule has 0 aliphatic heterocycles. The first-order valence-electron chi connectivity index (χ1n) is 6.07. The van der Waals surface area contributed by atoms with Crippen LogP contribution in [-0.4, -0.2) is 40.3 Å². The fourth-order valence-corrected chi connectivity index (χ4v) is 1.76. The second-order valence-electron chi connectivity index (χ2n) is 5.39. The number of para-hydroxylation sites is 1. The van der Waals surface area contributed by atoms with Crippen molar-refractivity contribution >= 4 is 5.97 Å². The number of carboxylic acids is 1. The summed E-state index contributed by atoms with van der Waals surface area (Å²) in [6.45, 7) is 6.08. The number of carboxylic acid groups (broad SMARTS) is 1. The first kappa shape index (κ1) is 15.3. The van der Waals surface area contributed by atoms with E-state index in [1.807, 2.05) is 20.8 Å². The Morgan fingerprint density at radius 1 is 1.37 bits per heavy atom. The zero-order valence-corrected chi connectivity index (χ0v) is 11.8. The number of hydrogen-bond acceptors (Lipinski definition) is 4. The summed E-state index contributed by atoms with van der Waals surface area (Å²) in [5.41, 5.74) is 0.337. The molecule has 5 heteroatoms. The molecule has 0 amide bonds. The predicted molar refractivity (Wildman–Crippen MR) is 72.5 cm³/mol. The van der Waals surface area contributed by atoms with Gasteiger partial charge in [-0.2, -0.15) is 0 Å². The molecule has 0 fully saturated rings. The monoisotopic (exact) mass is 267 g/mol. The fraction of sp³-hybridized carbons (Fsp3) is 0.500. The largest absolute Gasteiger partial charge is 0.504 e. The van der Waals surface area contributed by atoms with Crippen LogP contribution in [0, 0.1) is 0 Å². The van der Waals surface area contributed by atoms with Gasteiger partial charge in [-0.1, -0.05) is 12.1 Å². The molecule has 0 radical (unpaired) electrons. The average Bonchev–Trinajstić information content (AvgIpc) is 2.29. The van der Waals surface area contributed by atoms with Gasteiger partial charge in [0.15, 0.2) is 11.5 Å². The molecule has 0 bridgehead atoms. The molecule has 106 valence electrons. The molecule has 2 N–H and O–H groups in total. The summed E-state index contributed by atoms with van der Waals surface area (Å²) < 4.78 is 5.05. The van der Waals surface area contributed by atoms with Gasteiger partial charge in [-0.3, -0.25) is 9.69 Å². The number of methoxy groups -OCH3 is 1. The zero-order chi connectivity index (χ0) is 14.6. The van der Waals surface area contributed by atoms with Crippen molar-refractivity contribution in [3.63, 3.8) is 0 Å². The third-order valence-electron chi connectivity index (χ3n) is 2.94. The van der Waals surface area contributed by atoms with Crippen LogP contribution in [0.3, 0.4) is 0 Å². The van der Waals surface area contributed by atoms with Crippen LogP contribution in [0.2, 0.25) is 0 Å². The van der Waals surface area contributed by atoms with Crippen LogP contribution >= 0.6 is 0 Å². The highest BCUT2D eigenvalue weighted by molar-refractivity contribution is 5.69. The van der Waals surface area contributed by atoms with E-state index in [1.165, 1.54) is 7.11 Å². The van der Waals surface area contributed by atoms with Crippen molar-refractivity contribution in [2.24, 2.45) is 0 Å². The number of carbonyl (C=O) groups is 1. The number of hydrogen-bond donors (Lipinski definition) is 2. The summed E-state index contributed by atoms with van der Waals surface area (Å²) in [7, 11) is 1.48. The van der Waals surface area contributed by atoms with Crippen LogP contribution in [0.4, 0.5) is 0 Å². The number of ether oxygens (including phenoxy) is 1. The number of benzene rings is 1. The highest BCUT2D eigenvalue weighted by Gasteiger charge is 2.25. The van der Waals surface area contributed by atoms with Crippen LogP contribution in [0.25, 0.3) is 0 Å². The highest BCUT2D eigenvalue weighted by atomic mass is 16.5. The minimum absolute atomic E-state index is 0.0599. The maximum Gasteiger partial charge on any atom is 0.317 e. The van der Waals surface area contributed by atoms with Crippen LogP contribution in [-0.2, 0) is 11.3 Å². The average molecular weight is 267 g/mol. The molecule has 0 saturated carbocycles. The second-order valence-corrected chi connectivity index (χ2v) is 5.39. The fourth-order valence-electron chi connectivity index (χ4n) is 1.76. The summed E-state index contributed by atoms with van der Waals surface area (Å²) in [6.07, 6.45) is 0. The molecule has 1 aromatic rings. The molecule has 0 saturated heterocycles. The van der Waals surface area contributed by atoms with Crippen molar-refractivity contribution in [2.75, 3.05) is 13.7 Å². The van der Waals surface area contributed by atoms with Gasteiger partial charge in [0.2, 0.25) is 0 Å². The zero-order valence-electron chi connectivity index (χ0n) is 11.8. The van der Waals surface area contributed by atoms with Crippen molar-refractivity contribution in [2.45, 2.75) is 32.9 Å². The predicted octanol–water partition coefficient (Wildman–Crippen LogP) is 2.09. The number of aromatic hydroxyl groups is 1. The van der Waals surface area contributed by atoms with Crippen LogP contribution < -0.4 is 4.74 Å². The van der Waals surface area contributed by atoms with Gasteiger partial charge in [0.1, 0.15) is 0 Å². The molecule has 0 aliphatic rings. The van der Waals surface area contributed by atoms with E-state index in [0.717, 1.165) is 0 Å². The first-order chi connectivity index (χ1) is 8.75. The standard InChI is InChI=1S/C14H21NO4/c1-14(2,3)15(9-12(16)17)8-10-6-5-7-11(19-4)13(10)18/h5-7,18H,8-9H2,1-4H3,(H,16,17). The highest BCUT2D eigenvalue weighted by Crippen LogP contribution is 2.31. The van der Waals surface area contributed by atoms with Gasteiger partial charge in [-0.25, -0.2) is 0 Å². The van der Waals surface area contributed by atoms with Gasteiger partial charge in [0, 0.05) is 17.6 Å². The minimum atomic E-state index is -0.891. The van der Waals surface area contributed by atoms with Crippen molar-refractivity contribution in [1.29, 1.82) is 0 Å². The Kier molecular flexibility index (Phi) is 4.78. The Balaban J connectivity index is 3.00. The summed E-state index contributed by atoms with van der Waals surface area (Å²) >= 11 is 0. The van der Waals surface area contributed by atoms with E-state index in [1.54, 1.807) is 23.1 Å². The maximum atomic E-state index is 10.9. The number of phenols is 1. The second kappa shape index (κ2) is 5.93. The van der Waals surface area contributed by atoms with Gasteiger partial charge in [0.05, 0.1) is 13.7 Å². The molecule has 0 atom stereocenters. The van der Waals surface area contributed by atoms with E-state index in [9.17, 15) is 9.90 Å². The van der Waals surface area contributed by atoms with Gasteiger partial charge >= 0.3 is 5.97 Å². The molecule has 0 aromatic heterocycles. The Hall–Kier alpha value is -1.75. The van der Waals surface area contributed by atoms with Gasteiger partial charge in [-0.05, 0) is 26.8 Å². The number of phenolic OH excluding ortho intramolecular Hbond substituents is 1. The molecule has 1 rings (SSSR count). The molecular weight excluding hydrogens is 246 g/mol. The van der Waals surface area contributed by atoms with Crippen molar-refractivity contribution in [3.05, 3.63) is 23.8 Å². The normalized spacial score (nSPS) is 11.6. The van der Waals surface area contributed by atoms with Crippen molar-refractivity contribution in [1.82, 2.24) is 4.90 Å². The summed E-state index contributed by atoms with van der Waals surface area (Å²) in [6, 6.07) is 5.20. The lowest BCUT2D eigenvalue weighted by molar-refractivity contribution is -0.139. The van der Waals surface area contributed by atoms with E-state index < -0.39 is 5.97 Å². The van der Waals surface area contributed by atoms with E-state index in [0.29, 0.717) is 17.9 Å². The molecule has 19 heavy (non-hydrogen) atoms.